The molecule has 5 aromatic rings. The maximum Gasteiger partial charge on any atom is 0.0425 e. The molecule has 0 aliphatic carbocycles. The maximum atomic E-state index is 6.49. The van der Waals surface area contributed by atoms with Crippen molar-refractivity contribution in [3.8, 4) is 0 Å². The van der Waals surface area contributed by atoms with Crippen molar-refractivity contribution in [2.24, 2.45) is 0 Å². The summed E-state index contributed by atoms with van der Waals surface area (Å²) < 4.78 is 0. The second-order valence-electron chi connectivity index (χ2n) is 15.8. The van der Waals surface area contributed by atoms with Gasteiger partial charge in [-0.25, -0.2) is 0 Å². The van der Waals surface area contributed by atoms with Gasteiger partial charge in [0.2, 0.25) is 0 Å². The molecule has 1 atom stereocenters. The van der Waals surface area contributed by atoms with Gasteiger partial charge in [-0.15, -0.1) is 0 Å². The number of nitrogens with two attached hydrogens (primary N) is 4. The molecule has 0 spiro atoms. The molecule has 0 fully saturated rings. The summed E-state index contributed by atoms with van der Waals surface area (Å²) in [4.78, 5) is 0. The van der Waals surface area contributed by atoms with Crippen LogP contribution in [0.4, 0.5) is 79.6 Å². The molecule has 0 saturated carbocycles. The van der Waals surface area contributed by atoms with Gasteiger partial charge in [-0.3, -0.25) is 0 Å². The van der Waals surface area contributed by atoms with E-state index in [2.05, 4.69) is 116 Å². The van der Waals surface area contributed by atoms with Crippen LogP contribution in [0.15, 0.2) is 97.1 Å². The number of anilines is 14. The summed E-state index contributed by atoms with van der Waals surface area (Å²) in [7, 11) is 0. The van der Waals surface area contributed by atoms with Gasteiger partial charge in [0, 0.05) is 90.7 Å². The minimum absolute atomic E-state index is 0.00778. The normalized spacial score (nSPS) is 12.4. The summed E-state index contributed by atoms with van der Waals surface area (Å²) in [6, 6.07) is 31.9. The van der Waals surface area contributed by atoms with Gasteiger partial charge in [0.15, 0.2) is 0 Å². The fraction of sp³-hybridized carbons (Fsp3) is 0.333. The molecule has 0 aliphatic heterocycles. The highest BCUT2D eigenvalue weighted by molar-refractivity contribution is 5.81. The third-order valence-corrected chi connectivity index (χ3v) is 9.53. The van der Waals surface area contributed by atoms with E-state index in [9.17, 15) is 0 Å². The number of unbranched alkanes of at least 4 members (excludes halogenated alkanes) is 1. The summed E-state index contributed by atoms with van der Waals surface area (Å²) in [6.45, 7) is 13.4. The number of nitrogen functional groups attached to an aromatic ring is 4. The van der Waals surface area contributed by atoms with Gasteiger partial charge in [-0.1, -0.05) is 52.5 Å². The molecule has 14 N–H and O–H groups in total. The largest absolute Gasteiger partial charge is 0.399 e. The predicted octanol–water partition coefficient (Wildman–Crippen LogP) is 12.1. The van der Waals surface area contributed by atoms with Crippen molar-refractivity contribution in [1.82, 2.24) is 0 Å². The molecule has 10 heteroatoms. The Kier molecular flexibility index (Phi) is 13.1. The quantitative estimate of drug-likeness (QED) is 0.0366. The molecule has 10 nitrogen and oxygen atoms in total. The molecular formula is C45H62N10. The Morgan fingerprint density at radius 2 is 0.782 bits per heavy atom. The highest BCUT2D eigenvalue weighted by atomic mass is 15.0. The molecule has 292 valence electrons. The summed E-state index contributed by atoms with van der Waals surface area (Å²) in [5.74, 6) is 0. The van der Waals surface area contributed by atoms with Gasteiger partial charge >= 0.3 is 0 Å². The van der Waals surface area contributed by atoms with E-state index in [1.54, 1.807) is 6.07 Å². The zero-order chi connectivity index (χ0) is 39.6. The molecule has 5 rings (SSSR count). The molecule has 0 radical (unpaired) electrons. The minimum atomic E-state index is -0.0184. The van der Waals surface area contributed by atoms with Crippen LogP contribution in [-0.4, -0.2) is 11.1 Å². The van der Waals surface area contributed by atoms with Crippen LogP contribution in [-0.2, 0) is 0 Å². The lowest BCUT2D eigenvalue weighted by atomic mass is 9.89. The van der Waals surface area contributed by atoms with E-state index in [0.29, 0.717) is 22.7 Å². The van der Waals surface area contributed by atoms with E-state index in [0.717, 1.165) is 95.4 Å². The minimum Gasteiger partial charge on any atom is -0.399 e. The van der Waals surface area contributed by atoms with Gasteiger partial charge in [0.05, 0.1) is 0 Å². The van der Waals surface area contributed by atoms with Gasteiger partial charge in [0.1, 0.15) is 0 Å². The maximum absolute atomic E-state index is 6.49. The van der Waals surface area contributed by atoms with Crippen LogP contribution in [0.3, 0.4) is 0 Å². The SMILES string of the molecule is CCCCC(C)(CCC)Nc1cc(N)cc(Nc2cc(N)cc(Nc3cc(Nc4cc(N)cc(N)c4)cc(Nc4cccc(NC(C)(C)CCC)c4)c3)c2)c1. The predicted molar refractivity (Wildman–Crippen MR) is 242 cm³/mol. The highest BCUT2D eigenvalue weighted by Gasteiger charge is 2.23. The third-order valence-electron chi connectivity index (χ3n) is 9.53. The lowest BCUT2D eigenvalue weighted by molar-refractivity contribution is 0.417. The topological polar surface area (TPSA) is 176 Å². The van der Waals surface area contributed by atoms with Crippen LogP contribution in [0.1, 0.15) is 86.5 Å². The first kappa shape index (κ1) is 40.3. The van der Waals surface area contributed by atoms with Crippen LogP contribution in [0.5, 0.6) is 0 Å². The average Bonchev–Trinajstić information content (AvgIpc) is 3.06. The summed E-state index contributed by atoms with van der Waals surface area (Å²) >= 11 is 0. The van der Waals surface area contributed by atoms with Crippen LogP contribution >= 0.6 is 0 Å². The number of hydrogen-bond donors (Lipinski definition) is 10. The van der Waals surface area contributed by atoms with E-state index in [1.165, 1.54) is 6.42 Å². The molecular weight excluding hydrogens is 681 g/mol. The second kappa shape index (κ2) is 18.0. The Balaban J connectivity index is 1.42. The summed E-state index contributed by atoms with van der Waals surface area (Å²) in [6.07, 6.45) is 7.79. The molecule has 5 aromatic carbocycles. The van der Waals surface area contributed by atoms with Gasteiger partial charge < -0.3 is 54.8 Å². The van der Waals surface area contributed by atoms with Crippen molar-refractivity contribution < 1.29 is 0 Å². The number of nitrogens with one attached hydrogen (secondary N) is 6. The molecule has 0 bridgehead atoms. The standard InChI is InChI=1S/C45H62N10/c1-7-10-16-45(6,15-9-3)55-43-23-33(49)22-39(29-43)52-37-20-32(48)21-38(25-37)53-42-27-40(26-41(28-42)51-36-18-30(46)17-31(47)19-36)50-34-12-11-13-35(24-34)54-44(4,5)14-8-2/h11-13,17-29,50-55H,7-10,14-16,46-49H2,1-6H3. The Morgan fingerprint density at radius 1 is 0.400 bits per heavy atom. The smallest absolute Gasteiger partial charge is 0.0425 e. The van der Waals surface area contributed by atoms with Gasteiger partial charge in [-0.05, 0) is 131 Å². The van der Waals surface area contributed by atoms with E-state index >= 15 is 0 Å². The second-order valence-corrected chi connectivity index (χ2v) is 15.8. The number of hydrogen-bond acceptors (Lipinski definition) is 10. The summed E-state index contributed by atoms with van der Waals surface area (Å²) in [5, 5.41) is 21.7. The van der Waals surface area contributed by atoms with Crippen molar-refractivity contribution in [2.45, 2.75) is 97.6 Å². The molecule has 0 amide bonds. The number of rotatable bonds is 19. The van der Waals surface area contributed by atoms with Crippen LogP contribution in [0.2, 0.25) is 0 Å². The van der Waals surface area contributed by atoms with Crippen LogP contribution < -0.4 is 54.8 Å². The zero-order valence-electron chi connectivity index (χ0n) is 33.5. The van der Waals surface area contributed by atoms with E-state index in [-0.39, 0.29) is 11.1 Å². The zero-order valence-corrected chi connectivity index (χ0v) is 33.5. The average molecular weight is 743 g/mol. The van der Waals surface area contributed by atoms with Gasteiger partial charge in [0.25, 0.3) is 0 Å². The van der Waals surface area contributed by atoms with Gasteiger partial charge in [-0.2, -0.15) is 0 Å². The van der Waals surface area contributed by atoms with Crippen molar-refractivity contribution in [3.05, 3.63) is 97.1 Å². The molecule has 0 aromatic heterocycles. The Hall–Kier alpha value is -5.90. The van der Waals surface area contributed by atoms with Crippen LogP contribution in [0, 0.1) is 0 Å². The molecule has 0 heterocycles. The van der Waals surface area contributed by atoms with E-state index < -0.39 is 0 Å². The fourth-order valence-corrected chi connectivity index (χ4v) is 7.32. The highest BCUT2D eigenvalue weighted by Crippen LogP contribution is 2.35. The van der Waals surface area contributed by atoms with Crippen molar-refractivity contribution >= 4 is 79.6 Å². The van der Waals surface area contributed by atoms with E-state index in [1.807, 2.05) is 48.5 Å². The van der Waals surface area contributed by atoms with Crippen molar-refractivity contribution in [1.29, 1.82) is 0 Å². The van der Waals surface area contributed by atoms with Crippen molar-refractivity contribution in [2.75, 3.05) is 54.8 Å². The molecule has 55 heavy (non-hydrogen) atoms. The first-order chi connectivity index (χ1) is 26.2. The lowest BCUT2D eigenvalue weighted by Gasteiger charge is -2.32. The monoisotopic (exact) mass is 743 g/mol. The summed E-state index contributed by atoms with van der Waals surface area (Å²) in [5.41, 5.74) is 36.5. The number of benzene rings is 5. The first-order valence-corrected chi connectivity index (χ1v) is 19.6. The third kappa shape index (κ3) is 12.3. The fourth-order valence-electron chi connectivity index (χ4n) is 7.32. The first-order valence-electron chi connectivity index (χ1n) is 19.6. The van der Waals surface area contributed by atoms with Crippen LogP contribution in [0.25, 0.3) is 0 Å². The Labute approximate surface area is 328 Å². The molecule has 1 unspecified atom stereocenters. The van der Waals surface area contributed by atoms with E-state index in [4.69, 9.17) is 22.9 Å². The molecule has 0 aliphatic rings. The van der Waals surface area contributed by atoms with Crippen molar-refractivity contribution in [3.63, 3.8) is 0 Å². The Morgan fingerprint density at radius 3 is 1.27 bits per heavy atom. The Bertz CT molecular complexity index is 2020. The lowest BCUT2D eigenvalue weighted by Crippen LogP contribution is -2.34. The molecule has 0 saturated heterocycles.